The van der Waals surface area contributed by atoms with Crippen LogP contribution < -0.4 is 5.32 Å². The van der Waals surface area contributed by atoms with Crippen molar-refractivity contribution in [1.29, 1.82) is 0 Å². The Kier molecular flexibility index (Phi) is 6.41. The van der Waals surface area contributed by atoms with Crippen molar-refractivity contribution in [2.75, 3.05) is 46.5 Å². The van der Waals surface area contributed by atoms with Crippen LogP contribution in [0.1, 0.15) is 26.7 Å². The highest BCUT2D eigenvalue weighted by molar-refractivity contribution is 4.84. The van der Waals surface area contributed by atoms with Crippen molar-refractivity contribution in [3.8, 4) is 0 Å². The zero-order valence-corrected chi connectivity index (χ0v) is 11.5. The minimum Gasteiger partial charge on any atom is -0.394 e. The van der Waals surface area contributed by atoms with E-state index in [1.807, 2.05) is 0 Å². The first kappa shape index (κ1) is 14.9. The maximum absolute atomic E-state index is 9.40. The van der Waals surface area contributed by atoms with Gasteiger partial charge in [0.2, 0.25) is 0 Å². The lowest BCUT2D eigenvalue weighted by molar-refractivity contribution is 0.0834. The first-order chi connectivity index (χ1) is 8.09. The summed E-state index contributed by atoms with van der Waals surface area (Å²) in [4.78, 5) is 2.21. The molecular formula is C13H28N2O2. The molecule has 1 atom stereocenters. The van der Waals surface area contributed by atoms with E-state index >= 15 is 0 Å². The molecule has 17 heavy (non-hydrogen) atoms. The van der Waals surface area contributed by atoms with E-state index in [4.69, 9.17) is 4.74 Å². The molecule has 0 aliphatic heterocycles. The van der Waals surface area contributed by atoms with Gasteiger partial charge in [-0.15, -0.1) is 0 Å². The number of nitrogens with zero attached hydrogens (tertiary/aromatic N) is 1. The van der Waals surface area contributed by atoms with Gasteiger partial charge in [-0.25, -0.2) is 0 Å². The molecule has 0 spiro atoms. The highest BCUT2D eigenvalue weighted by Crippen LogP contribution is 2.28. The van der Waals surface area contributed by atoms with Crippen molar-refractivity contribution in [2.24, 2.45) is 5.92 Å². The van der Waals surface area contributed by atoms with Crippen LogP contribution in [0.15, 0.2) is 0 Å². The van der Waals surface area contributed by atoms with Crippen molar-refractivity contribution in [1.82, 2.24) is 10.2 Å². The maximum Gasteiger partial charge on any atom is 0.0623 e. The van der Waals surface area contributed by atoms with Crippen molar-refractivity contribution in [3.05, 3.63) is 0 Å². The van der Waals surface area contributed by atoms with Crippen LogP contribution in [0, 0.1) is 5.92 Å². The van der Waals surface area contributed by atoms with E-state index in [1.54, 1.807) is 0 Å². The maximum atomic E-state index is 9.40. The summed E-state index contributed by atoms with van der Waals surface area (Å²) in [6.07, 6.45) is 2.69. The van der Waals surface area contributed by atoms with E-state index in [9.17, 15) is 5.11 Å². The van der Waals surface area contributed by atoms with E-state index in [-0.39, 0.29) is 12.1 Å². The molecule has 2 N–H and O–H groups in total. The molecule has 0 amide bonds. The van der Waals surface area contributed by atoms with Crippen LogP contribution in [0.3, 0.4) is 0 Å². The van der Waals surface area contributed by atoms with Crippen molar-refractivity contribution in [2.45, 2.75) is 32.2 Å². The first-order valence-electron chi connectivity index (χ1n) is 6.72. The van der Waals surface area contributed by atoms with Crippen molar-refractivity contribution >= 4 is 0 Å². The van der Waals surface area contributed by atoms with Gasteiger partial charge in [-0.3, -0.25) is 0 Å². The van der Waals surface area contributed by atoms with Gasteiger partial charge in [-0.1, -0.05) is 6.92 Å². The number of nitrogens with one attached hydrogen (secondary N) is 1. The smallest absolute Gasteiger partial charge is 0.0623 e. The van der Waals surface area contributed by atoms with E-state index in [0.29, 0.717) is 0 Å². The summed E-state index contributed by atoms with van der Waals surface area (Å²) >= 11 is 0. The quantitative estimate of drug-likeness (QED) is 0.556. The summed E-state index contributed by atoms with van der Waals surface area (Å²) in [5.41, 5.74) is -0.208. The number of aliphatic hydroxyl groups excluding tert-OH is 1. The molecule has 0 aromatic rings. The van der Waals surface area contributed by atoms with Gasteiger partial charge in [0.15, 0.2) is 0 Å². The summed E-state index contributed by atoms with van der Waals surface area (Å²) in [6, 6.07) is 0. The molecule has 102 valence electrons. The number of aliphatic hydroxyl groups is 1. The molecule has 1 unspecified atom stereocenters. The Bertz CT molecular complexity index is 210. The summed E-state index contributed by atoms with van der Waals surface area (Å²) < 4.78 is 5.61. The summed E-state index contributed by atoms with van der Waals surface area (Å²) in [5.74, 6) is 0.838. The lowest BCUT2D eigenvalue weighted by Crippen LogP contribution is -2.53. The van der Waals surface area contributed by atoms with Crippen LogP contribution in [-0.2, 0) is 4.74 Å². The third kappa shape index (κ3) is 6.36. The molecule has 1 aliphatic rings. The van der Waals surface area contributed by atoms with E-state index < -0.39 is 0 Å². The lowest BCUT2D eigenvalue weighted by atomic mass is 10.0. The van der Waals surface area contributed by atoms with Crippen LogP contribution in [0.2, 0.25) is 0 Å². The molecule has 0 saturated heterocycles. The number of rotatable bonds is 10. The van der Waals surface area contributed by atoms with Crippen LogP contribution in [0.4, 0.5) is 0 Å². The minimum atomic E-state index is -0.208. The number of hydrogen-bond acceptors (Lipinski definition) is 4. The summed E-state index contributed by atoms with van der Waals surface area (Å²) in [5, 5.41) is 12.7. The molecule has 1 rings (SSSR count). The van der Waals surface area contributed by atoms with Crippen molar-refractivity contribution in [3.63, 3.8) is 0 Å². The third-order valence-corrected chi connectivity index (χ3v) is 3.24. The van der Waals surface area contributed by atoms with Gasteiger partial charge in [0.25, 0.3) is 0 Å². The first-order valence-corrected chi connectivity index (χ1v) is 6.72. The molecule has 0 aromatic heterocycles. The van der Waals surface area contributed by atoms with Gasteiger partial charge in [-0.05, 0) is 39.3 Å². The lowest BCUT2D eigenvalue weighted by Gasteiger charge is -2.33. The Labute approximate surface area is 105 Å². The second kappa shape index (κ2) is 7.31. The molecule has 0 radical (unpaired) electrons. The fourth-order valence-electron chi connectivity index (χ4n) is 2.02. The predicted molar refractivity (Wildman–Crippen MR) is 70.2 cm³/mol. The molecule has 1 saturated carbocycles. The SMILES string of the molecule is CCNC(C)(CO)CN(C)CCOCC1CC1. The van der Waals surface area contributed by atoms with Crippen LogP contribution in [-0.4, -0.2) is 62.0 Å². The standard InChI is InChI=1S/C13H28N2O2/c1-4-14-13(2,11-16)10-15(3)7-8-17-9-12-5-6-12/h12,14,16H,4-11H2,1-3H3. The van der Waals surface area contributed by atoms with Gasteiger partial charge in [0, 0.05) is 19.7 Å². The van der Waals surface area contributed by atoms with Gasteiger partial charge in [0.1, 0.15) is 0 Å². The highest BCUT2D eigenvalue weighted by Gasteiger charge is 2.24. The molecular weight excluding hydrogens is 216 g/mol. The van der Waals surface area contributed by atoms with Gasteiger partial charge >= 0.3 is 0 Å². The summed E-state index contributed by atoms with van der Waals surface area (Å²) in [7, 11) is 2.08. The Balaban J connectivity index is 2.10. The highest BCUT2D eigenvalue weighted by atomic mass is 16.5. The van der Waals surface area contributed by atoms with Crippen molar-refractivity contribution < 1.29 is 9.84 Å². The van der Waals surface area contributed by atoms with Crippen LogP contribution in [0.25, 0.3) is 0 Å². The average molecular weight is 244 g/mol. The average Bonchev–Trinajstić information content (AvgIpc) is 3.08. The molecule has 0 bridgehead atoms. The second-order valence-electron chi connectivity index (χ2n) is 5.51. The van der Waals surface area contributed by atoms with Gasteiger partial charge in [-0.2, -0.15) is 0 Å². The largest absolute Gasteiger partial charge is 0.394 e. The fourth-order valence-corrected chi connectivity index (χ4v) is 2.02. The normalized spacial score (nSPS) is 19.6. The van der Waals surface area contributed by atoms with Gasteiger partial charge < -0.3 is 20.1 Å². The Morgan fingerprint density at radius 1 is 1.47 bits per heavy atom. The molecule has 4 nitrogen and oxygen atoms in total. The Morgan fingerprint density at radius 3 is 2.71 bits per heavy atom. The molecule has 1 aliphatic carbocycles. The fraction of sp³-hybridized carbons (Fsp3) is 1.00. The Hall–Kier alpha value is -0.160. The topological polar surface area (TPSA) is 44.7 Å². The van der Waals surface area contributed by atoms with E-state index in [0.717, 1.165) is 38.8 Å². The number of likely N-dealkylation sites (N-methyl/N-ethyl adjacent to an activating group) is 2. The number of hydrogen-bond donors (Lipinski definition) is 2. The van der Waals surface area contributed by atoms with E-state index in [2.05, 4.69) is 31.1 Å². The Morgan fingerprint density at radius 2 is 2.18 bits per heavy atom. The molecule has 4 heteroatoms. The number of ether oxygens (including phenoxy) is 1. The monoisotopic (exact) mass is 244 g/mol. The van der Waals surface area contributed by atoms with E-state index in [1.165, 1.54) is 12.8 Å². The minimum absolute atomic E-state index is 0.161. The summed E-state index contributed by atoms with van der Waals surface area (Å²) in [6.45, 7) is 8.64. The molecule has 0 aromatic carbocycles. The van der Waals surface area contributed by atoms with Gasteiger partial charge in [0.05, 0.1) is 18.8 Å². The van der Waals surface area contributed by atoms with Crippen LogP contribution >= 0.6 is 0 Å². The molecule has 0 heterocycles. The molecule has 1 fully saturated rings. The zero-order chi connectivity index (χ0) is 12.7. The predicted octanol–water partition coefficient (Wildman–Crippen LogP) is 0.705. The third-order valence-electron chi connectivity index (χ3n) is 3.24. The van der Waals surface area contributed by atoms with Crippen LogP contribution in [0.5, 0.6) is 0 Å². The second-order valence-corrected chi connectivity index (χ2v) is 5.51. The zero-order valence-electron chi connectivity index (χ0n) is 11.5.